The maximum atomic E-state index is 10.8. The van der Waals surface area contributed by atoms with Crippen molar-refractivity contribution in [3.05, 3.63) is 145 Å². The second-order valence-electron chi connectivity index (χ2n) is 10.3. The average Bonchev–Trinajstić information content (AvgIpc) is 3.09. The first-order valence-corrected chi connectivity index (χ1v) is 14.5. The molecule has 0 heterocycles. The van der Waals surface area contributed by atoms with Crippen molar-refractivity contribution in [2.45, 2.75) is 6.54 Å². The molecule has 6 rings (SSSR count). The van der Waals surface area contributed by atoms with Crippen LogP contribution in [0.5, 0.6) is 0 Å². The number of hydrogen-bond acceptors (Lipinski definition) is 7. The van der Waals surface area contributed by atoms with Crippen LogP contribution in [0.1, 0.15) is 17.3 Å². The molecule has 0 aliphatic heterocycles. The summed E-state index contributed by atoms with van der Waals surface area (Å²) in [5.41, 5.74) is 4.98. The van der Waals surface area contributed by atoms with E-state index in [0.717, 1.165) is 45.9 Å². The van der Waals surface area contributed by atoms with Crippen molar-refractivity contribution < 1.29 is 55.9 Å². The van der Waals surface area contributed by atoms with Gasteiger partial charge in [-0.3, -0.25) is 4.79 Å². The van der Waals surface area contributed by atoms with Gasteiger partial charge >= 0.3 is 43.8 Å². The van der Waals surface area contributed by atoms with E-state index < -0.39 is 14.2 Å². The minimum atomic E-state index is -1.52. The maximum Gasteiger partial charge on any atom is 1.00 e. The third kappa shape index (κ3) is 10.6. The van der Waals surface area contributed by atoms with E-state index in [-0.39, 0.29) is 39.4 Å². The Morgan fingerprint density at radius 1 is 0.638 bits per heavy atom. The number of benzene rings is 6. The SMILES string of the molecule is CN(Cc1ccc(B(O)O)c2ccccc12)c1ccccc1.CNc1ccccc1.O=Cc1ccc(B(O)O)c2ccccc12.[B].[H-].[Na+]. The summed E-state index contributed by atoms with van der Waals surface area (Å²) in [4.78, 5) is 13.0. The Bertz CT molecular complexity index is 1840. The second-order valence-corrected chi connectivity index (χ2v) is 10.3. The quantitative estimate of drug-likeness (QED) is 0.132. The van der Waals surface area contributed by atoms with Crippen LogP contribution in [0, 0.1) is 0 Å². The Kier molecular flexibility index (Phi) is 16.5. The van der Waals surface area contributed by atoms with Crippen molar-refractivity contribution in [3.63, 3.8) is 0 Å². The van der Waals surface area contributed by atoms with Crippen LogP contribution >= 0.6 is 0 Å². The molecular formula is C36H37B3N2NaO5. The predicted molar refractivity (Wildman–Crippen MR) is 194 cm³/mol. The Morgan fingerprint density at radius 2 is 1.09 bits per heavy atom. The van der Waals surface area contributed by atoms with Gasteiger partial charge in [0.25, 0.3) is 0 Å². The molecule has 11 heteroatoms. The zero-order chi connectivity index (χ0) is 32.2. The van der Waals surface area contributed by atoms with Crippen molar-refractivity contribution in [3.8, 4) is 0 Å². The number of hydrogen-bond donors (Lipinski definition) is 5. The molecule has 0 fully saturated rings. The zero-order valence-corrected chi connectivity index (χ0v) is 28.9. The second kappa shape index (κ2) is 19.7. The largest absolute Gasteiger partial charge is 1.00 e. The molecule has 0 spiro atoms. The molecule has 7 nitrogen and oxygen atoms in total. The summed E-state index contributed by atoms with van der Waals surface area (Å²) < 4.78 is 0. The van der Waals surface area contributed by atoms with Gasteiger partial charge in [0.1, 0.15) is 0 Å². The number of carbonyl (C=O) groups excluding carboxylic acids is 1. The van der Waals surface area contributed by atoms with Crippen LogP contribution < -0.4 is 50.7 Å². The van der Waals surface area contributed by atoms with E-state index in [9.17, 15) is 14.8 Å². The molecular weight excluding hydrogens is 596 g/mol. The summed E-state index contributed by atoms with van der Waals surface area (Å²) in [5.74, 6) is 0. The van der Waals surface area contributed by atoms with Gasteiger partial charge in [0.05, 0.1) is 0 Å². The summed E-state index contributed by atoms with van der Waals surface area (Å²) in [6, 6.07) is 42.2. The van der Waals surface area contributed by atoms with Crippen molar-refractivity contribution >= 4 is 72.8 Å². The molecule has 0 bridgehead atoms. The fourth-order valence-electron chi connectivity index (χ4n) is 5.06. The van der Waals surface area contributed by atoms with Gasteiger partial charge in [0, 0.05) is 46.0 Å². The standard InChI is InChI=1S/C18H18BNO2.C11H9BO3.C7H9N.B.Na.H/c1-20(15-7-3-2-4-8-15)13-14-11-12-18(19(21)22)17-10-6-5-9-16(14)17;13-7-8-5-6-11(12(14)15)10-4-2-1-3-9(8)10;1-8-7-5-3-2-4-6-7;;;/h2-12,21-22H,13H2,1H3;1-7,14-15H;2-6,8H,1H3;;;/q;;;;+1;-1. The summed E-state index contributed by atoms with van der Waals surface area (Å²) >= 11 is 0. The average molecular weight is 633 g/mol. The van der Waals surface area contributed by atoms with Gasteiger partial charge in [-0.15, -0.1) is 0 Å². The first kappa shape index (κ1) is 39.3. The smallest absolute Gasteiger partial charge is 1.00 e. The van der Waals surface area contributed by atoms with E-state index in [1.807, 2.05) is 92.0 Å². The number of nitrogens with one attached hydrogen (secondary N) is 1. The van der Waals surface area contributed by atoms with Crippen LogP contribution in [-0.2, 0) is 6.54 Å². The van der Waals surface area contributed by atoms with E-state index in [1.165, 1.54) is 0 Å². The maximum absolute atomic E-state index is 10.8. The number of anilines is 2. The summed E-state index contributed by atoms with van der Waals surface area (Å²) in [6.45, 7) is 0.756. The van der Waals surface area contributed by atoms with Crippen molar-refractivity contribution in [1.29, 1.82) is 0 Å². The molecule has 5 N–H and O–H groups in total. The molecule has 3 radical (unpaired) electrons. The van der Waals surface area contributed by atoms with Crippen LogP contribution in [-0.4, -0.2) is 63.1 Å². The topological polar surface area (TPSA) is 113 Å². The number of fused-ring (bicyclic) bond motifs is 2. The van der Waals surface area contributed by atoms with Crippen LogP contribution in [0.25, 0.3) is 21.5 Å². The summed E-state index contributed by atoms with van der Waals surface area (Å²) in [5, 5.41) is 43.7. The van der Waals surface area contributed by atoms with Crippen molar-refractivity contribution in [2.75, 3.05) is 24.3 Å². The molecule has 231 valence electrons. The summed E-state index contributed by atoms with van der Waals surface area (Å²) in [6.07, 6.45) is 0.760. The van der Waals surface area contributed by atoms with Gasteiger partial charge in [0.2, 0.25) is 0 Å². The van der Waals surface area contributed by atoms with E-state index in [0.29, 0.717) is 21.9 Å². The molecule has 0 atom stereocenters. The molecule has 6 aromatic rings. The molecule has 0 aliphatic rings. The molecule has 0 saturated carbocycles. The fourth-order valence-corrected chi connectivity index (χ4v) is 5.06. The Balaban J connectivity index is 0.000000386. The molecule has 0 saturated heterocycles. The zero-order valence-electron chi connectivity index (χ0n) is 27.9. The molecule has 0 amide bonds. The molecule has 0 aromatic heterocycles. The molecule has 47 heavy (non-hydrogen) atoms. The number of para-hydroxylation sites is 2. The number of rotatable bonds is 7. The minimum Gasteiger partial charge on any atom is -1.00 e. The van der Waals surface area contributed by atoms with E-state index in [4.69, 9.17) is 10.0 Å². The van der Waals surface area contributed by atoms with Crippen molar-refractivity contribution in [2.24, 2.45) is 0 Å². The number of aldehydes is 1. The predicted octanol–water partition coefficient (Wildman–Crippen LogP) is 0.952. The Morgan fingerprint density at radius 3 is 1.57 bits per heavy atom. The molecule has 0 unspecified atom stereocenters. The fraction of sp³-hybridized carbons (Fsp3) is 0.0833. The summed E-state index contributed by atoms with van der Waals surface area (Å²) in [7, 11) is 0.996. The van der Waals surface area contributed by atoms with Crippen LogP contribution in [0.2, 0.25) is 0 Å². The Hall–Kier alpha value is -3.86. The normalized spacial score (nSPS) is 9.74. The minimum absolute atomic E-state index is 0. The van der Waals surface area contributed by atoms with Gasteiger partial charge in [0.15, 0.2) is 6.29 Å². The van der Waals surface area contributed by atoms with Crippen LogP contribution in [0.3, 0.4) is 0 Å². The number of carbonyl (C=O) groups is 1. The van der Waals surface area contributed by atoms with Gasteiger partial charge in [-0.05, 0) is 62.3 Å². The Labute approximate surface area is 302 Å². The van der Waals surface area contributed by atoms with Gasteiger partial charge in [-0.25, -0.2) is 0 Å². The third-order valence-corrected chi connectivity index (χ3v) is 7.39. The molecule has 6 aromatic carbocycles. The van der Waals surface area contributed by atoms with Crippen LogP contribution in [0.15, 0.2) is 133 Å². The van der Waals surface area contributed by atoms with E-state index in [1.54, 1.807) is 36.4 Å². The van der Waals surface area contributed by atoms with E-state index >= 15 is 0 Å². The number of nitrogens with zero attached hydrogens (tertiary/aromatic N) is 1. The van der Waals surface area contributed by atoms with E-state index in [2.05, 4.69) is 29.4 Å². The van der Waals surface area contributed by atoms with Gasteiger partial charge in [-0.2, -0.15) is 0 Å². The third-order valence-electron chi connectivity index (χ3n) is 7.39. The monoisotopic (exact) mass is 633 g/mol. The van der Waals surface area contributed by atoms with Crippen molar-refractivity contribution in [1.82, 2.24) is 0 Å². The van der Waals surface area contributed by atoms with Crippen LogP contribution in [0.4, 0.5) is 11.4 Å². The van der Waals surface area contributed by atoms with Gasteiger partial charge in [-0.1, -0.05) is 109 Å². The van der Waals surface area contributed by atoms with Gasteiger partial charge < -0.3 is 31.7 Å². The first-order valence-electron chi connectivity index (χ1n) is 14.5. The first-order chi connectivity index (χ1) is 21.8. The molecule has 0 aliphatic carbocycles.